The number of hydrogen-bond acceptors (Lipinski definition) is 6. The molecule has 0 radical (unpaired) electrons. The fraction of sp³-hybridized carbons (Fsp3) is 0.350. The van der Waals surface area contributed by atoms with Crippen molar-refractivity contribution in [1.82, 2.24) is 20.2 Å². The van der Waals surface area contributed by atoms with Gasteiger partial charge in [0.1, 0.15) is 0 Å². The minimum absolute atomic E-state index is 0.530. The second-order valence-corrected chi connectivity index (χ2v) is 6.97. The third-order valence-corrected chi connectivity index (χ3v) is 4.52. The highest BCUT2D eigenvalue weighted by atomic mass is 16.5. The molecule has 0 fully saturated rings. The molecule has 0 aliphatic rings. The third-order valence-electron chi connectivity index (χ3n) is 4.52. The topological polar surface area (TPSA) is 74.1 Å². The number of aromatic nitrogens is 4. The molecule has 0 atom stereocenters. The minimum Gasteiger partial charge on any atom is -0.493 e. The Bertz CT molecular complexity index is 929. The maximum absolute atomic E-state index is 5.40. The average molecular weight is 367 g/mol. The number of nitrogens with one attached hydrogen (secondary N) is 1. The Balaban J connectivity index is 1.99. The summed E-state index contributed by atoms with van der Waals surface area (Å²) >= 11 is 0. The predicted octanol–water partition coefficient (Wildman–Crippen LogP) is 3.64. The van der Waals surface area contributed by atoms with Crippen molar-refractivity contribution in [3.05, 3.63) is 53.3 Å². The molecule has 142 valence electrons. The molecule has 0 aliphatic heterocycles. The van der Waals surface area contributed by atoms with Gasteiger partial charge in [-0.25, -0.2) is 0 Å². The molecule has 1 heterocycles. The Morgan fingerprint density at radius 2 is 1.63 bits per heavy atom. The van der Waals surface area contributed by atoms with Gasteiger partial charge in [-0.1, -0.05) is 18.2 Å². The number of para-hydroxylation sites is 1. The van der Waals surface area contributed by atoms with E-state index in [1.165, 1.54) is 0 Å². The predicted molar refractivity (Wildman–Crippen MR) is 105 cm³/mol. The van der Waals surface area contributed by atoms with Gasteiger partial charge in [0.05, 0.1) is 25.4 Å². The first-order chi connectivity index (χ1) is 12.9. The highest BCUT2D eigenvalue weighted by Crippen LogP contribution is 2.33. The SMILES string of the molecule is COc1ccc(NC(C)(C)c2nnnn2-c2c(C)cccc2C)cc1OC. The lowest BCUT2D eigenvalue weighted by Gasteiger charge is -2.27. The molecule has 0 saturated carbocycles. The Kier molecular flexibility index (Phi) is 5.03. The van der Waals surface area contributed by atoms with E-state index in [1.54, 1.807) is 18.9 Å². The number of rotatable bonds is 6. The number of tetrazole rings is 1. The maximum atomic E-state index is 5.40. The van der Waals surface area contributed by atoms with Gasteiger partial charge in [0, 0.05) is 11.8 Å². The van der Waals surface area contributed by atoms with Crippen molar-refractivity contribution in [3.8, 4) is 17.2 Å². The van der Waals surface area contributed by atoms with Crippen LogP contribution in [0.4, 0.5) is 5.69 Å². The van der Waals surface area contributed by atoms with E-state index < -0.39 is 5.54 Å². The standard InChI is InChI=1S/C20H25N5O2/c1-13-8-7-9-14(2)18(13)25-19(22-23-24-25)20(3,4)21-15-10-11-16(26-5)17(12-15)27-6/h7-12,21H,1-6H3. The van der Waals surface area contributed by atoms with Crippen molar-refractivity contribution in [2.75, 3.05) is 19.5 Å². The van der Waals surface area contributed by atoms with Gasteiger partial charge < -0.3 is 14.8 Å². The van der Waals surface area contributed by atoms with Gasteiger partial charge in [-0.3, -0.25) is 0 Å². The monoisotopic (exact) mass is 367 g/mol. The zero-order chi connectivity index (χ0) is 19.6. The molecule has 7 nitrogen and oxygen atoms in total. The van der Waals surface area contributed by atoms with Crippen molar-refractivity contribution in [1.29, 1.82) is 0 Å². The number of benzene rings is 2. The fourth-order valence-electron chi connectivity index (χ4n) is 3.20. The Morgan fingerprint density at radius 3 is 2.26 bits per heavy atom. The molecule has 2 aromatic carbocycles. The van der Waals surface area contributed by atoms with Crippen LogP contribution in [0.3, 0.4) is 0 Å². The lowest BCUT2D eigenvalue weighted by Crippen LogP contribution is -2.32. The smallest absolute Gasteiger partial charge is 0.181 e. The third kappa shape index (κ3) is 3.58. The molecule has 0 amide bonds. The van der Waals surface area contributed by atoms with Gasteiger partial charge in [-0.05, 0) is 61.4 Å². The van der Waals surface area contributed by atoms with Crippen LogP contribution >= 0.6 is 0 Å². The van der Waals surface area contributed by atoms with Crippen molar-refractivity contribution in [2.45, 2.75) is 33.2 Å². The number of nitrogens with zero attached hydrogens (tertiary/aromatic N) is 4. The summed E-state index contributed by atoms with van der Waals surface area (Å²) in [5, 5.41) is 16.0. The van der Waals surface area contributed by atoms with Crippen LogP contribution in [0.2, 0.25) is 0 Å². The van der Waals surface area contributed by atoms with Crippen molar-refractivity contribution >= 4 is 5.69 Å². The Labute approximate surface area is 159 Å². The van der Waals surface area contributed by atoms with Crippen LogP contribution in [0.5, 0.6) is 11.5 Å². The molecule has 1 aromatic heterocycles. The van der Waals surface area contributed by atoms with Crippen LogP contribution in [-0.2, 0) is 5.54 Å². The molecule has 0 spiro atoms. The van der Waals surface area contributed by atoms with Crippen molar-refractivity contribution in [2.24, 2.45) is 0 Å². The second-order valence-electron chi connectivity index (χ2n) is 6.97. The van der Waals surface area contributed by atoms with E-state index in [-0.39, 0.29) is 0 Å². The van der Waals surface area contributed by atoms with Gasteiger partial charge in [-0.15, -0.1) is 5.10 Å². The van der Waals surface area contributed by atoms with Gasteiger partial charge in [0.15, 0.2) is 17.3 Å². The number of ether oxygens (including phenoxy) is 2. The molecular weight excluding hydrogens is 342 g/mol. The Morgan fingerprint density at radius 1 is 0.963 bits per heavy atom. The van der Waals surface area contributed by atoms with E-state index in [0.717, 1.165) is 28.3 Å². The van der Waals surface area contributed by atoms with Gasteiger partial charge in [-0.2, -0.15) is 4.68 Å². The molecular formula is C20H25N5O2. The Hall–Kier alpha value is -3.09. The molecule has 27 heavy (non-hydrogen) atoms. The normalized spacial score (nSPS) is 11.3. The molecule has 0 bridgehead atoms. The number of anilines is 1. The largest absolute Gasteiger partial charge is 0.493 e. The summed E-state index contributed by atoms with van der Waals surface area (Å²) in [6, 6.07) is 11.9. The van der Waals surface area contributed by atoms with Gasteiger partial charge in [0.25, 0.3) is 0 Å². The van der Waals surface area contributed by atoms with E-state index >= 15 is 0 Å². The first kappa shape index (κ1) is 18.7. The first-order valence-corrected chi connectivity index (χ1v) is 8.73. The molecule has 1 N–H and O–H groups in total. The van der Waals surface area contributed by atoms with Gasteiger partial charge in [0.2, 0.25) is 0 Å². The average Bonchev–Trinajstić information content (AvgIpc) is 3.11. The van der Waals surface area contributed by atoms with E-state index in [0.29, 0.717) is 11.5 Å². The highest BCUT2D eigenvalue weighted by molar-refractivity contribution is 5.56. The van der Waals surface area contributed by atoms with E-state index in [4.69, 9.17) is 9.47 Å². The molecule has 0 unspecified atom stereocenters. The number of methoxy groups -OCH3 is 2. The van der Waals surface area contributed by atoms with Crippen molar-refractivity contribution in [3.63, 3.8) is 0 Å². The lowest BCUT2D eigenvalue weighted by atomic mass is 10.0. The van der Waals surface area contributed by atoms with Crippen LogP contribution in [0.25, 0.3) is 5.69 Å². The van der Waals surface area contributed by atoms with Crippen LogP contribution in [0.15, 0.2) is 36.4 Å². The van der Waals surface area contributed by atoms with Crippen LogP contribution in [-0.4, -0.2) is 34.4 Å². The van der Waals surface area contributed by atoms with E-state index in [2.05, 4.69) is 46.8 Å². The zero-order valence-corrected chi connectivity index (χ0v) is 16.6. The summed E-state index contributed by atoms with van der Waals surface area (Å²) in [4.78, 5) is 0. The summed E-state index contributed by atoms with van der Waals surface area (Å²) in [6.45, 7) is 8.20. The molecule has 3 aromatic rings. The summed E-state index contributed by atoms with van der Waals surface area (Å²) in [5.41, 5.74) is 3.59. The molecule has 0 saturated heterocycles. The quantitative estimate of drug-likeness (QED) is 0.717. The van der Waals surface area contributed by atoms with Gasteiger partial charge >= 0.3 is 0 Å². The zero-order valence-electron chi connectivity index (χ0n) is 16.6. The molecule has 3 rings (SSSR count). The summed E-state index contributed by atoms with van der Waals surface area (Å²) in [5.74, 6) is 2.06. The maximum Gasteiger partial charge on any atom is 0.181 e. The molecule has 0 aliphatic carbocycles. The number of aryl methyl sites for hydroxylation is 2. The summed E-state index contributed by atoms with van der Waals surface area (Å²) in [7, 11) is 3.24. The van der Waals surface area contributed by atoms with E-state index in [1.807, 2.05) is 38.1 Å². The first-order valence-electron chi connectivity index (χ1n) is 8.73. The van der Waals surface area contributed by atoms with Crippen molar-refractivity contribution < 1.29 is 9.47 Å². The molecule has 7 heteroatoms. The van der Waals surface area contributed by atoms with Crippen LogP contribution in [0, 0.1) is 13.8 Å². The van der Waals surface area contributed by atoms with Crippen LogP contribution in [0.1, 0.15) is 30.8 Å². The summed E-state index contributed by atoms with van der Waals surface area (Å²) in [6.07, 6.45) is 0. The van der Waals surface area contributed by atoms with Crippen LogP contribution < -0.4 is 14.8 Å². The summed E-state index contributed by atoms with van der Waals surface area (Å²) < 4.78 is 12.5. The lowest BCUT2D eigenvalue weighted by molar-refractivity contribution is 0.355. The fourth-order valence-corrected chi connectivity index (χ4v) is 3.20. The minimum atomic E-state index is -0.530. The van der Waals surface area contributed by atoms with E-state index in [9.17, 15) is 0 Å². The number of hydrogen-bond donors (Lipinski definition) is 1. The second kappa shape index (κ2) is 7.26. The highest BCUT2D eigenvalue weighted by Gasteiger charge is 2.29.